The van der Waals surface area contributed by atoms with Crippen LogP contribution in [0.15, 0.2) is 5.16 Å². The van der Waals surface area contributed by atoms with Gasteiger partial charge in [0.05, 0.1) is 5.92 Å². The molecular weight excluding hydrogens is 214 g/mol. The summed E-state index contributed by atoms with van der Waals surface area (Å²) in [5.74, 6) is -0.173. The van der Waals surface area contributed by atoms with Crippen LogP contribution in [0, 0.1) is 12.8 Å². The lowest BCUT2D eigenvalue weighted by Gasteiger charge is -2.12. The van der Waals surface area contributed by atoms with Crippen LogP contribution in [0.25, 0.3) is 0 Å². The van der Waals surface area contributed by atoms with Gasteiger partial charge < -0.3 is 5.11 Å². The minimum absolute atomic E-state index is 0.123. The number of carboxylic acid groups (broad SMARTS) is 1. The third kappa shape index (κ3) is 2.31. The average Bonchev–Trinajstić information content (AvgIpc) is 2.75. The van der Waals surface area contributed by atoms with Crippen LogP contribution in [0.1, 0.15) is 25.1 Å². The maximum absolute atomic E-state index is 10.9. The number of nitrogens with one attached hydrogen (secondary N) is 1. The largest absolute Gasteiger partial charge is 0.481 e. The monoisotopic (exact) mass is 227 g/mol. The van der Waals surface area contributed by atoms with E-state index >= 15 is 0 Å². The molecule has 0 saturated heterocycles. The number of carboxylic acids is 1. The van der Waals surface area contributed by atoms with Crippen LogP contribution in [0.4, 0.5) is 0 Å². The van der Waals surface area contributed by atoms with Crippen molar-refractivity contribution >= 4 is 17.7 Å². The molecular formula is C9H13N3O2S. The highest BCUT2D eigenvalue weighted by molar-refractivity contribution is 7.99. The van der Waals surface area contributed by atoms with Crippen molar-refractivity contribution in [3.63, 3.8) is 0 Å². The number of aryl methyl sites for hydroxylation is 1. The van der Waals surface area contributed by atoms with Crippen molar-refractivity contribution in [3.8, 4) is 0 Å². The van der Waals surface area contributed by atoms with Crippen molar-refractivity contribution in [3.05, 3.63) is 5.82 Å². The fraction of sp³-hybridized carbons (Fsp3) is 0.667. The van der Waals surface area contributed by atoms with Gasteiger partial charge in [-0.15, -0.1) is 5.10 Å². The Balaban J connectivity index is 2.02. The molecule has 1 aliphatic rings. The lowest BCUT2D eigenvalue weighted by molar-refractivity contribution is -0.141. The van der Waals surface area contributed by atoms with Gasteiger partial charge in [-0.2, -0.15) is 0 Å². The second-order valence-corrected chi connectivity index (χ2v) is 4.94. The first-order valence-corrected chi connectivity index (χ1v) is 5.83. The minimum Gasteiger partial charge on any atom is -0.481 e. The van der Waals surface area contributed by atoms with Crippen LogP contribution in [0.3, 0.4) is 0 Å². The smallest absolute Gasteiger partial charge is 0.307 e. The molecule has 1 saturated carbocycles. The molecule has 0 aromatic carbocycles. The highest BCUT2D eigenvalue weighted by Gasteiger charge is 2.34. The normalized spacial score (nSPS) is 25.7. The van der Waals surface area contributed by atoms with Gasteiger partial charge in [0, 0.05) is 5.25 Å². The van der Waals surface area contributed by atoms with E-state index in [4.69, 9.17) is 5.11 Å². The summed E-state index contributed by atoms with van der Waals surface area (Å²) in [6.07, 6.45) is 2.70. The molecule has 0 spiro atoms. The summed E-state index contributed by atoms with van der Waals surface area (Å²) in [7, 11) is 0. The Bertz CT molecular complexity index is 366. The van der Waals surface area contributed by atoms with Crippen LogP contribution in [-0.2, 0) is 4.79 Å². The Morgan fingerprint density at radius 1 is 1.60 bits per heavy atom. The Morgan fingerprint density at radius 2 is 2.40 bits per heavy atom. The summed E-state index contributed by atoms with van der Waals surface area (Å²) < 4.78 is 0. The van der Waals surface area contributed by atoms with Gasteiger partial charge in [-0.3, -0.25) is 9.89 Å². The van der Waals surface area contributed by atoms with E-state index < -0.39 is 5.97 Å². The van der Waals surface area contributed by atoms with Crippen molar-refractivity contribution in [2.45, 2.75) is 36.6 Å². The second-order valence-electron chi connectivity index (χ2n) is 3.74. The third-order valence-corrected chi connectivity index (χ3v) is 3.86. The predicted molar refractivity (Wildman–Crippen MR) is 55.7 cm³/mol. The molecule has 6 heteroatoms. The molecule has 1 aliphatic carbocycles. The van der Waals surface area contributed by atoms with E-state index in [1.165, 1.54) is 11.8 Å². The number of aromatic amines is 1. The van der Waals surface area contributed by atoms with Crippen molar-refractivity contribution in [2.24, 2.45) is 5.92 Å². The molecule has 2 N–H and O–H groups in total. The Labute approximate surface area is 91.7 Å². The number of aromatic nitrogens is 3. The zero-order valence-electron chi connectivity index (χ0n) is 8.43. The molecule has 0 aliphatic heterocycles. The van der Waals surface area contributed by atoms with Crippen molar-refractivity contribution in [1.29, 1.82) is 0 Å². The van der Waals surface area contributed by atoms with E-state index in [9.17, 15) is 4.79 Å². The number of carbonyl (C=O) groups is 1. The van der Waals surface area contributed by atoms with E-state index in [-0.39, 0.29) is 11.2 Å². The van der Waals surface area contributed by atoms with E-state index in [1.807, 2.05) is 6.92 Å². The van der Waals surface area contributed by atoms with Crippen molar-refractivity contribution < 1.29 is 9.90 Å². The Morgan fingerprint density at radius 3 is 3.00 bits per heavy atom. The third-order valence-electron chi connectivity index (χ3n) is 2.60. The average molecular weight is 227 g/mol. The summed E-state index contributed by atoms with van der Waals surface area (Å²) >= 11 is 1.47. The molecule has 1 fully saturated rings. The van der Waals surface area contributed by atoms with E-state index in [0.29, 0.717) is 5.16 Å². The van der Waals surface area contributed by atoms with Crippen molar-refractivity contribution in [1.82, 2.24) is 15.2 Å². The Kier molecular flexibility index (Phi) is 2.95. The molecule has 1 heterocycles. The molecule has 1 aromatic rings. The number of hydrogen-bond donors (Lipinski definition) is 2. The van der Waals surface area contributed by atoms with E-state index in [1.54, 1.807) is 0 Å². The van der Waals surface area contributed by atoms with Gasteiger partial charge in [-0.25, -0.2) is 4.98 Å². The summed E-state index contributed by atoms with van der Waals surface area (Å²) in [6, 6.07) is 0. The van der Waals surface area contributed by atoms with Gasteiger partial charge >= 0.3 is 5.97 Å². The first-order chi connectivity index (χ1) is 7.16. The van der Waals surface area contributed by atoms with Crippen LogP contribution >= 0.6 is 11.8 Å². The van der Waals surface area contributed by atoms with E-state index in [0.717, 1.165) is 25.1 Å². The molecule has 0 amide bonds. The van der Waals surface area contributed by atoms with E-state index in [2.05, 4.69) is 15.2 Å². The highest BCUT2D eigenvalue weighted by atomic mass is 32.2. The molecule has 5 nitrogen and oxygen atoms in total. The Hall–Kier alpha value is -1.04. The van der Waals surface area contributed by atoms with Gasteiger partial charge in [0.2, 0.25) is 5.16 Å². The number of nitrogens with zero attached hydrogens (tertiary/aromatic N) is 2. The summed E-state index contributed by atoms with van der Waals surface area (Å²) in [6.45, 7) is 1.83. The van der Waals surface area contributed by atoms with Crippen LogP contribution in [0.5, 0.6) is 0 Å². The second kappa shape index (κ2) is 4.22. The number of hydrogen-bond acceptors (Lipinski definition) is 4. The van der Waals surface area contributed by atoms with Crippen molar-refractivity contribution in [2.75, 3.05) is 0 Å². The number of rotatable bonds is 3. The van der Waals surface area contributed by atoms with Crippen LogP contribution < -0.4 is 0 Å². The van der Waals surface area contributed by atoms with Gasteiger partial charge in [-0.1, -0.05) is 18.2 Å². The summed E-state index contributed by atoms with van der Waals surface area (Å²) in [4.78, 5) is 15.1. The molecule has 2 atom stereocenters. The highest BCUT2D eigenvalue weighted by Crippen LogP contribution is 2.37. The first-order valence-electron chi connectivity index (χ1n) is 4.95. The zero-order chi connectivity index (χ0) is 10.8. The molecule has 2 unspecified atom stereocenters. The summed E-state index contributed by atoms with van der Waals surface area (Å²) in [5, 5.41) is 16.6. The SMILES string of the molecule is Cc1nc(SC2CCCC2C(=O)O)n[nH]1. The number of aliphatic carboxylic acids is 1. The molecule has 2 rings (SSSR count). The number of H-pyrrole nitrogens is 1. The lowest BCUT2D eigenvalue weighted by atomic mass is 10.1. The molecule has 15 heavy (non-hydrogen) atoms. The van der Waals surface area contributed by atoms with Crippen LogP contribution in [-0.4, -0.2) is 31.5 Å². The van der Waals surface area contributed by atoms with Gasteiger partial charge in [0.25, 0.3) is 0 Å². The molecule has 1 aromatic heterocycles. The van der Waals surface area contributed by atoms with Gasteiger partial charge in [0.15, 0.2) is 0 Å². The zero-order valence-corrected chi connectivity index (χ0v) is 9.25. The summed E-state index contributed by atoms with van der Waals surface area (Å²) in [5.41, 5.74) is 0. The minimum atomic E-state index is -0.697. The fourth-order valence-electron chi connectivity index (χ4n) is 1.86. The first kappa shape index (κ1) is 10.5. The topological polar surface area (TPSA) is 78.9 Å². The van der Waals surface area contributed by atoms with Gasteiger partial charge in [-0.05, 0) is 19.8 Å². The van der Waals surface area contributed by atoms with Gasteiger partial charge in [0.1, 0.15) is 5.82 Å². The number of thioether (sulfide) groups is 1. The molecule has 82 valence electrons. The fourth-order valence-corrected chi connectivity index (χ4v) is 3.12. The maximum atomic E-state index is 10.9. The quantitative estimate of drug-likeness (QED) is 0.817. The standard InChI is InChI=1S/C9H13N3O2S/c1-5-10-9(12-11-5)15-7-4-2-3-6(7)8(13)14/h6-7H,2-4H2,1H3,(H,13,14)(H,10,11,12). The molecule has 0 radical (unpaired) electrons. The predicted octanol–water partition coefficient (Wildman–Crippen LogP) is 1.46. The maximum Gasteiger partial charge on any atom is 0.307 e. The molecule has 0 bridgehead atoms. The van der Waals surface area contributed by atoms with Crippen LogP contribution in [0.2, 0.25) is 0 Å². The lowest BCUT2D eigenvalue weighted by Crippen LogP contribution is -2.20.